The summed E-state index contributed by atoms with van der Waals surface area (Å²) in [7, 11) is 1.28. The monoisotopic (exact) mass is 215 g/mol. The number of amides is 1. The third kappa shape index (κ3) is 6.36. The molecule has 0 saturated heterocycles. The Kier molecular flexibility index (Phi) is 6.78. The van der Waals surface area contributed by atoms with Crippen LogP contribution in [0.2, 0.25) is 0 Å². The zero-order valence-corrected chi connectivity index (χ0v) is 8.47. The molecule has 0 aliphatic heterocycles. The molecule has 0 spiro atoms. The van der Waals surface area contributed by atoms with Gasteiger partial charge in [-0.15, -0.1) is 0 Å². The maximum atomic E-state index is 11.1. The number of hydrogen-bond donors (Lipinski definition) is 0. The number of aldehydes is 2. The lowest BCUT2D eigenvalue weighted by atomic mass is 10.3. The molecule has 0 aromatic rings. The first-order chi connectivity index (χ1) is 7.11. The van der Waals surface area contributed by atoms with Crippen LogP contribution >= 0.6 is 0 Å². The minimum absolute atomic E-state index is 0.000953. The van der Waals surface area contributed by atoms with E-state index in [0.717, 1.165) is 5.06 Å². The Labute approximate surface area is 87.1 Å². The Balaban J connectivity index is 3.84. The maximum Gasteiger partial charge on any atom is 0.332 e. The zero-order chi connectivity index (χ0) is 11.7. The first kappa shape index (κ1) is 13.3. The largest absolute Gasteiger partial charge is 0.338 e. The number of nitrogens with zero attached hydrogens (tertiary/aromatic N) is 1. The van der Waals surface area contributed by atoms with Crippen molar-refractivity contribution in [2.45, 2.75) is 25.7 Å². The molecule has 0 unspecified atom stereocenters. The number of rotatable bonds is 6. The molecule has 0 fully saturated rings. The molecule has 0 N–H and O–H groups in total. The van der Waals surface area contributed by atoms with Crippen molar-refractivity contribution in [1.82, 2.24) is 5.06 Å². The molecule has 1 amide bonds. The second kappa shape index (κ2) is 7.66. The highest BCUT2D eigenvalue weighted by Gasteiger charge is 2.13. The minimum Gasteiger partial charge on any atom is -0.338 e. The van der Waals surface area contributed by atoms with E-state index < -0.39 is 11.9 Å². The number of carbonyl (C=O) groups excluding carboxylic acids is 4. The van der Waals surface area contributed by atoms with Gasteiger partial charge in [-0.3, -0.25) is 4.79 Å². The third-order valence-electron chi connectivity index (χ3n) is 1.53. The Morgan fingerprint density at radius 1 is 1.13 bits per heavy atom. The van der Waals surface area contributed by atoms with Crippen LogP contribution in [-0.2, 0) is 24.0 Å². The second-order valence-electron chi connectivity index (χ2n) is 2.77. The van der Waals surface area contributed by atoms with Crippen molar-refractivity contribution in [1.29, 1.82) is 0 Å². The van der Waals surface area contributed by atoms with Gasteiger partial charge in [-0.2, -0.15) is 5.06 Å². The van der Waals surface area contributed by atoms with E-state index in [0.29, 0.717) is 12.6 Å². The van der Waals surface area contributed by atoms with Gasteiger partial charge in [0, 0.05) is 26.3 Å². The van der Waals surface area contributed by atoms with Gasteiger partial charge in [0.15, 0.2) is 0 Å². The van der Waals surface area contributed by atoms with E-state index in [4.69, 9.17) is 0 Å². The highest BCUT2D eigenvalue weighted by molar-refractivity contribution is 5.79. The van der Waals surface area contributed by atoms with Crippen LogP contribution in [0.15, 0.2) is 0 Å². The van der Waals surface area contributed by atoms with E-state index in [2.05, 4.69) is 4.84 Å². The average Bonchev–Trinajstić information content (AvgIpc) is 2.22. The molecule has 6 nitrogen and oxygen atoms in total. The van der Waals surface area contributed by atoms with E-state index >= 15 is 0 Å². The first-order valence-corrected chi connectivity index (χ1v) is 4.46. The third-order valence-corrected chi connectivity index (χ3v) is 1.53. The summed E-state index contributed by atoms with van der Waals surface area (Å²) in [6.45, 7) is 0. The van der Waals surface area contributed by atoms with Gasteiger partial charge in [-0.05, 0) is 0 Å². The van der Waals surface area contributed by atoms with Gasteiger partial charge in [0.1, 0.15) is 12.6 Å². The summed E-state index contributed by atoms with van der Waals surface area (Å²) in [6, 6.07) is 0. The predicted octanol–water partition coefficient (Wildman–Crippen LogP) is -0.139. The summed E-state index contributed by atoms with van der Waals surface area (Å²) in [5.41, 5.74) is 0. The lowest BCUT2D eigenvalue weighted by Gasteiger charge is -2.14. The van der Waals surface area contributed by atoms with Gasteiger partial charge in [-0.25, -0.2) is 4.79 Å². The normalized spacial score (nSPS) is 9.13. The van der Waals surface area contributed by atoms with Crippen molar-refractivity contribution in [3.8, 4) is 0 Å². The first-order valence-electron chi connectivity index (χ1n) is 4.46. The van der Waals surface area contributed by atoms with Crippen molar-refractivity contribution in [2.75, 3.05) is 7.05 Å². The van der Waals surface area contributed by atoms with Crippen LogP contribution in [0.1, 0.15) is 25.7 Å². The highest BCUT2D eigenvalue weighted by atomic mass is 16.7. The van der Waals surface area contributed by atoms with E-state index in [9.17, 15) is 19.2 Å². The number of hydroxylamine groups is 2. The van der Waals surface area contributed by atoms with Crippen molar-refractivity contribution < 1.29 is 24.0 Å². The van der Waals surface area contributed by atoms with E-state index in [1.807, 2.05) is 0 Å². The minimum atomic E-state index is -0.649. The summed E-state index contributed by atoms with van der Waals surface area (Å²) in [4.78, 5) is 46.6. The molecule has 0 rings (SSSR count). The van der Waals surface area contributed by atoms with Gasteiger partial charge in [0.25, 0.3) is 5.91 Å². The maximum absolute atomic E-state index is 11.1. The molecular formula is C9H13NO5. The zero-order valence-electron chi connectivity index (χ0n) is 8.47. The molecule has 0 bridgehead atoms. The summed E-state index contributed by atoms with van der Waals surface area (Å²) in [6.07, 6.45) is 1.30. The van der Waals surface area contributed by atoms with E-state index in [-0.39, 0.29) is 25.7 Å². The van der Waals surface area contributed by atoms with Crippen molar-refractivity contribution >= 4 is 24.4 Å². The van der Waals surface area contributed by atoms with Crippen LogP contribution < -0.4 is 0 Å². The van der Waals surface area contributed by atoms with Gasteiger partial charge >= 0.3 is 5.97 Å². The predicted molar refractivity (Wildman–Crippen MR) is 49.5 cm³/mol. The molecule has 0 aromatic heterocycles. The van der Waals surface area contributed by atoms with Crippen LogP contribution in [0.4, 0.5) is 0 Å². The molecule has 0 aromatic carbocycles. The van der Waals surface area contributed by atoms with Crippen LogP contribution in [0.5, 0.6) is 0 Å². The average molecular weight is 215 g/mol. The van der Waals surface area contributed by atoms with Crippen LogP contribution in [0.25, 0.3) is 0 Å². The summed E-state index contributed by atoms with van der Waals surface area (Å²) < 4.78 is 0. The molecular weight excluding hydrogens is 202 g/mol. The lowest BCUT2D eigenvalue weighted by molar-refractivity contribution is -0.192. The Bertz CT molecular complexity index is 251. The molecule has 0 atom stereocenters. The summed E-state index contributed by atoms with van der Waals surface area (Å²) >= 11 is 0. The number of hydrogen-bond acceptors (Lipinski definition) is 5. The van der Waals surface area contributed by atoms with Crippen molar-refractivity contribution in [3.05, 3.63) is 0 Å². The summed E-state index contributed by atoms with van der Waals surface area (Å²) in [5.74, 6) is -1.11. The second-order valence-corrected chi connectivity index (χ2v) is 2.77. The fourth-order valence-electron chi connectivity index (χ4n) is 0.766. The fraction of sp³-hybridized carbons (Fsp3) is 0.556. The molecule has 0 heterocycles. The Morgan fingerprint density at radius 3 is 2.20 bits per heavy atom. The molecule has 6 heteroatoms. The fourth-order valence-corrected chi connectivity index (χ4v) is 0.766. The molecule has 84 valence electrons. The van der Waals surface area contributed by atoms with E-state index in [1.54, 1.807) is 0 Å². The smallest absolute Gasteiger partial charge is 0.332 e. The van der Waals surface area contributed by atoms with Gasteiger partial charge in [-0.1, -0.05) is 0 Å². The Morgan fingerprint density at radius 2 is 1.67 bits per heavy atom. The Hall–Kier alpha value is -1.72. The lowest BCUT2D eigenvalue weighted by Crippen LogP contribution is -2.29. The van der Waals surface area contributed by atoms with Gasteiger partial charge < -0.3 is 14.4 Å². The van der Waals surface area contributed by atoms with Crippen LogP contribution in [0.3, 0.4) is 0 Å². The SMILES string of the molecule is CN(OC(=O)CCC=O)C(=O)CCC=O. The standard InChI is InChI=1S/C9H13NO5/c1-10(8(13)4-2-6-11)15-9(14)5-3-7-12/h6-7H,2-5H2,1H3. The quantitative estimate of drug-likeness (QED) is 0.455. The molecule has 0 saturated carbocycles. The number of carbonyl (C=O) groups is 4. The van der Waals surface area contributed by atoms with Crippen molar-refractivity contribution in [2.24, 2.45) is 0 Å². The molecule has 0 aliphatic carbocycles. The molecule has 0 radical (unpaired) electrons. The van der Waals surface area contributed by atoms with Gasteiger partial charge in [0.05, 0.1) is 6.42 Å². The molecule has 0 aliphatic rings. The topological polar surface area (TPSA) is 80.8 Å². The highest BCUT2D eigenvalue weighted by Crippen LogP contribution is 1.98. The molecule has 15 heavy (non-hydrogen) atoms. The summed E-state index contributed by atoms with van der Waals surface area (Å²) in [5, 5.41) is 0.774. The van der Waals surface area contributed by atoms with Crippen molar-refractivity contribution in [3.63, 3.8) is 0 Å². The van der Waals surface area contributed by atoms with Gasteiger partial charge in [0.2, 0.25) is 0 Å². The van der Waals surface area contributed by atoms with E-state index in [1.165, 1.54) is 7.05 Å². The van der Waals surface area contributed by atoms with Crippen LogP contribution in [-0.4, -0.2) is 36.6 Å². The van der Waals surface area contributed by atoms with Crippen LogP contribution in [0, 0.1) is 0 Å².